The molecule has 0 spiro atoms. The predicted octanol–water partition coefficient (Wildman–Crippen LogP) is 3.50. The highest BCUT2D eigenvalue weighted by molar-refractivity contribution is 6.27. The first-order valence-corrected chi connectivity index (χ1v) is 7.01. The van der Waals surface area contributed by atoms with E-state index < -0.39 is 12.0 Å². The molecule has 4 nitrogen and oxygen atoms in total. The Morgan fingerprint density at radius 3 is 2.18 bits per heavy atom. The molecule has 2 aromatic rings. The number of amides is 2. The summed E-state index contributed by atoms with van der Waals surface area (Å²) >= 11 is 0. The molecular weight excluding hydrogens is 278 g/mol. The smallest absolute Gasteiger partial charge is 0.414 e. The summed E-state index contributed by atoms with van der Waals surface area (Å²) in [5.74, 6) is -0.492. The van der Waals surface area contributed by atoms with Crippen molar-refractivity contribution in [2.75, 3.05) is 6.61 Å². The van der Waals surface area contributed by atoms with Crippen molar-refractivity contribution in [2.24, 2.45) is 0 Å². The van der Waals surface area contributed by atoms with Crippen LogP contribution in [-0.4, -0.2) is 18.6 Å². The van der Waals surface area contributed by atoms with Gasteiger partial charge in [0.1, 0.15) is 0 Å². The topological polar surface area (TPSA) is 55.4 Å². The molecule has 2 rings (SSSR count). The molecule has 0 heterocycles. The van der Waals surface area contributed by atoms with E-state index in [2.05, 4.69) is 5.32 Å². The van der Waals surface area contributed by atoms with Crippen LogP contribution >= 0.6 is 0 Å². The summed E-state index contributed by atoms with van der Waals surface area (Å²) in [5.41, 5.74) is 2.01. The van der Waals surface area contributed by atoms with Gasteiger partial charge in [0.05, 0.1) is 6.61 Å². The van der Waals surface area contributed by atoms with Crippen LogP contribution in [0, 0.1) is 0 Å². The van der Waals surface area contributed by atoms with Crippen molar-refractivity contribution in [2.45, 2.75) is 6.92 Å². The van der Waals surface area contributed by atoms with Gasteiger partial charge >= 0.3 is 6.09 Å². The summed E-state index contributed by atoms with van der Waals surface area (Å²) < 4.78 is 4.75. The van der Waals surface area contributed by atoms with Crippen LogP contribution in [0.3, 0.4) is 0 Å². The van der Waals surface area contributed by atoms with E-state index in [1.54, 1.807) is 13.0 Å². The molecule has 0 radical (unpaired) electrons. The fraction of sp³-hybridized carbons (Fsp3) is 0.111. The highest BCUT2D eigenvalue weighted by atomic mass is 16.5. The second-order valence-electron chi connectivity index (χ2n) is 4.51. The number of alkyl carbamates (subject to hydrolysis) is 1. The highest BCUT2D eigenvalue weighted by Crippen LogP contribution is 2.18. The van der Waals surface area contributed by atoms with Crippen molar-refractivity contribution in [3.63, 3.8) is 0 Å². The zero-order valence-corrected chi connectivity index (χ0v) is 12.3. The van der Waals surface area contributed by atoms with Crippen LogP contribution in [0.1, 0.15) is 18.1 Å². The molecule has 0 bridgehead atoms. The van der Waals surface area contributed by atoms with Gasteiger partial charge in [-0.15, -0.1) is 0 Å². The predicted molar refractivity (Wildman–Crippen MR) is 85.9 cm³/mol. The number of carbonyl (C=O) groups excluding carboxylic acids is 2. The van der Waals surface area contributed by atoms with Crippen molar-refractivity contribution < 1.29 is 14.3 Å². The maximum Gasteiger partial charge on any atom is 0.414 e. The third kappa shape index (κ3) is 4.31. The molecule has 4 heteroatoms. The van der Waals surface area contributed by atoms with E-state index in [9.17, 15) is 9.59 Å². The van der Waals surface area contributed by atoms with Gasteiger partial charge in [0.15, 0.2) is 0 Å². The first-order chi connectivity index (χ1) is 10.7. The number of hydrogen-bond donors (Lipinski definition) is 1. The Labute approximate surface area is 129 Å². The molecule has 0 aromatic heterocycles. The van der Waals surface area contributed by atoms with Crippen LogP contribution in [0.4, 0.5) is 4.79 Å². The minimum atomic E-state index is -0.748. The Bertz CT molecular complexity index is 663. The van der Waals surface area contributed by atoms with Gasteiger partial charge < -0.3 is 4.74 Å². The van der Waals surface area contributed by atoms with Crippen molar-refractivity contribution in [3.05, 3.63) is 71.8 Å². The summed E-state index contributed by atoms with van der Waals surface area (Å²) in [5, 5.41) is 2.23. The average molecular weight is 295 g/mol. The average Bonchev–Trinajstić information content (AvgIpc) is 2.54. The van der Waals surface area contributed by atoms with E-state index in [-0.39, 0.29) is 6.61 Å². The third-order valence-electron chi connectivity index (χ3n) is 2.93. The summed E-state index contributed by atoms with van der Waals surface area (Å²) in [6.45, 7) is 1.89. The van der Waals surface area contributed by atoms with Gasteiger partial charge in [-0.1, -0.05) is 60.7 Å². The summed E-state index contributed by atoms with van der Waals surface area (Å²) in [6.07, 6.45) is 0.992. The quantitative estimate of drug-likeness (QED) is 0.694. The Morgan fingerprint density at radius 2 is 1.59 bits per heavy atom. The second kappa shape index (κ2) is 7.78. The van der Waals surface area contributed by atoms with Gasteiger partial charge in [-0.2, -0.15) is 0 Å². The van der Waals surface area contributed by atoms with Crippen LogP contribution in [0.5, 0.6) is 0 Å². The molecule has 0 atom stereocenters. The lowest BCUT2D eigenvalue weighted by Crippen LogP contribution is -2.31. The molecule has 112 valence electrons. The van der Waals surface area contributed by atoms with Crippen molar-refractivity contribution in [3.8, 4) is 0 Å². The van der Waals surface area contributed by atoms with Gasteiger partial charge in [-0.3, -0.25) is 10.1 Å². The number of imide groups is 1. The van der Waals surface area contributed by atoms with Crippen molar-refractivity contribution in [1.82, 2.24) is 5.32 Å². The third-order valence-corrected chi connectivity index (χ3v) is 2.93. The highest BCUT2D eigenvalue weighted by Gasteiger charge is 2.15. The van der Waals surface area contributed by atoms with E-state index in [0.29, 0.717) is 5.57 Å². The molecular formula is C18H17NO3. The monoisotopic (exact) mass is 295 g/mol. The first-order valence-electron chi connectivity index (χ1n) is 7.01. The fourth-order valence-corrected chi connectivity index (χ4v) is 1.94. The lowest BCUT2D eigenvalue weighted by molar-refractivity contribution is -0.115. The molecule has 1 N–H and O–H groups in total. The van der Waals surface area contributed by atoms with E-state index in [1.165, 1.54) is 0 Å². The lowest BCUT2D eigenvalue weighted by Gasteiger charge is -2.09. The van der Waals surface area contributed by atoms with Gasteiger partial charge in [0.2, 0.25) is 0 Å². The lowest BCUT2D eigenvalue weighted by atomic mass is 10.0. The molecule has 0 aliphatic carbocycles. The molecule has 0 fully saturated rings. The zero-order chi connectivity index (χ0) is 15.8. The Morgan fingerprint density at radius 1 is 1.00 bits per heavy atom. The summed E-state index contributed by atoms with van der Waals surface area (Å²) in [7, 11) is 0. The van der Waals surface area contributed by atoms with E-state index >= 15 is 0 Å². The van der Waals surface area contributed by atoms with E-state index in [4.69, 9.17) is 4.74 Å². The summed E-state index contributed by atoms with van der Waals surface area (Å²) in [4.78, 5) is 23.8. The molecule has 0 aliphatic rings. The molecule has 0 saturated carbocycles. The number of hydrogen-bond acceptors (Lipinski definition) is 3. The minimum Gasteiger partial charge on any atom is -0.450 e. The molecule has 0 unspecified atom stereocenters. The normalized spacial score (nSPS) is 10.9. The van der Waals surface area contributed by atoms with E-state index in [1.807, 2.05) is 60.7 Å². The first kappa shape index (κ1) is 15.5. The van der Waals surface area contributed by atoms with Crippen molar-refractivity contribution in [1.29, 1.82) is 0 Å². The molecule has 0 saturated heterocycles. The number of benzene rings is 2. The summed E-state index contributed by atoms with van der Waals surface area (Å²) in [6, 6.07) is 18.6. The maximum absolute atomic E-state index is 12.4. The van der Waals surface area contributed by atoms with Gasteiger partial charge in [-0.25, -0.2) is 4.79 Å². The largest absolute Gasteiger partial charge is 0.450 e. The zero-order valence-electron chi connectivity index (χ0n) is 12.3. The molecule has 22 heavy (non-hydrogen) atoms. The van der Waals surface area contributed by atoms with Crippen LogP contribution < -0.4 is 5.32 Å². The van der Waals surface area contributed by atoms with Gasteiger partial charge in [0, 0.05) is 5.57 Å². The number of carbonyl (C=O) groups is 2. The Kier molecular flexibility index (Phi) is 5.49. The maximum atomic E-state index is 12.4. The number of nitrogens with one attached hydrogen (secondary N) is 1. The van der Waals surface area contributed by atoms with Crippen molar-refractivity contribution >= 4 is 23.6 Å². The second-order valence-corrected chi connectivity index (χ2v) is 4.51. The molecule has 0 aliphatic heterocycles. The fourth-order valence-electron chi connectivity index (χ4n) is 1.94. The van der Waals surface area contributed by atoms with Crippen LogP contribution in [0.25, 0.3) is 11.6 Å². The van der Waals surface area contributed by atoms with E-state index in [0.717, 1.165) is 11.1 Å². The van der Waals surface area contributed by atoms with Gasteiger partial charge in [0.25, 0.3) is 5.91 Å². The van der Waals surface area contributed by atoms with Crippen LogP contribution in [-0.2, 0) is 9.53 Å². The number of rotatable bonds is 4. The van der Waals surface area contributed by atoms with Crippen LogP contribution in [0.15, 0.2) is 60.7 Å². The van der Waals surface area contributed by atoms with Crippen LogP contribution in [0.2, 0.25) is 0 Å². The molecule has 2 amide bonds. The SMILES string of the molecule is CCOC(=O)NC(=O)/C(=C\c1ccccc1)c1ccccc1. The standard InChI is InChI=1S/C18H17NO3/c1-2-22-18(21)19-17(20)16(15-11-7-4-8-12-15)13-14-9-5-3-6-10-14/h3-13H,2H2,1H3,(H,19,20,21)/b16-13-. The minimum absolute atomic E-state index is 0.210. The Hall–Kier alpha value is -2.88. The van der Waals surface area contributed by atoms with Gasteiger partial charge in [-0.05, 0) is 24.1 Å². The number of ether oxygens (including phenoxy) is 1. The Balaban J connectivity index is 2.32. The molecule has 2 aromatic carbocycles.